The highest BCUT2D eigenvalue weighted by Gasteiger charge is 2.01. The van der Waals surface area contributed by atoms with Crippen LogP contribution in [-0.4, -0.2) is 40.1 Å². The van der Waals surface area contributed by atoms with E-state index in [1.165, 1.54) is 0 Å². The lowest BCUT2D eigenvalue weighted by Gasteiger charge is -2.13. The Kier molecular flexibility index (Phi) is 7.83. The van der Waals surface area contributed by atoms with Crippen molar-refractivity contribution in [3.63, 3.8) is 0 Å². The van der Waals surface area contributed by atoms with Gasteiger partial charge in [-0.05, 0) is 19.5 Å². The summed E-state index contributed by atoms with van der Waals surface area (Å²) in [5.41, 5.74) is 5.31. The monoisotopic (exact) mass is 162 g/mol. The number of hydrogen-bond acceptors (Lipinski definition) is 4. The Balaban J connectivity index is 3.07. The zero-order valence-electron chi connectivity index (χ0n) is 7.30. The number of rotatable bonds is 7. The van der Waals surface area contributed by atoms with E-state index in [9.17, 15) is 0 Å². The van der Waals surface area contributed by atoms with Gasteiger partial charge < -0.3 is 20.5 Å². The van der Waals surface area contributed by atoms with Crippen LogP contribution in [0.25, 0.3) is 0 Å². The lowest BCUT2D eigenvalue weighted by Crippen LogP contribution is -2.31. The first-order valence-corrected chi connectivity index (χ1v) is 3.81. The van der Waals surface area contributed by atoms with Crippen molar-refractivity contribution in [1.82, 2.24) is 5.32 Å². The molecule has 0 aromatic heterocycles. The molecular formula is C7H18N2O2. The average Bonchev–Trinajstić information content (AvgIpc) is 2.05. The molecule has 0 atom stereocenters. The van der Waals surface area contributed by atoms with Gasteiger partial charge in [0.05, 0.1) is 0 Å². The number of methoxy groups -OCH3 is 2. The van der Waals surface area contributed by atoms with Crippen molar-refractivity contribution in [3.05, 3.63) is 0 Å². The first kappa shape index (κ1) is 10.8. The Hall–Kier alpha value is -0.160. The Labute approximate surface area is 68.0 Å². The molecule has 0 aliphatic rings. The zero-order chi connectivity index (χ0) is 8.53. The van der Waals surface area contributed by atoms with E-state index in [0.717, 1.165) is 19.5 Å². The van der Waals surface area contributed by atoms with Crippen molar-refractivity contribution in [2.45, 2.75) is 12.7 Å². The van der Waals surface area contributed by atoms with E-state index in [2.05, 4.69) is 5.32 Å². The van der Waals surface area contributed by atoms with Gasteiger partial charge >= 0.3 is 0 Å². The molecular weight excluding hydrogens is 144 g/mol. The number of nitrogens with one attached hydrogen (secondary N) is 1. The van der Waals surface area contributed by atoms with Crippen molar-refractivity contribution in [2.75, 3.05) is 33.9 Å². The molecule has 0 radical (unpaired) electrons. The SMILES string of the molecule is COC(CNCCCN)OC. The lowest BCUT2D eigenvalue weighted by atomic mass is 10.4. The number of ether oxygens (including phenoxy) is 2. The van der Waals surface area contributed by atoms with Crippen LogP contribution in [0.4, 0.5) is 0 Å². The molecule has 0 aromatic carbocycles. The molecule has 3 N–H and O–H groups in total. The largest absolute Gasteiger partial charge is 0.355 e. The topological polar surface area (TPSA) is 56.5 Å². The molecule has 0 saturated heterocycles. The van der Waals surface area contributed by atoms with Gasteiger partial charge in [-0.1, -0.05) is 0 Å². The molecule has 0 unspecified atom stereocenters. The van der Waals surface area contributed by atoms with Crippen LogP contribution in [0.2, 0.25) is 0 Å². The first-order chi connectivity index (χ1) is 5.35. The van der Waals surface area contributed by atoms with Crippen molar-refractivity contribution in [3.8, 4) is 0 Å². The van der Waals surface area contributed by atoms with Crippen molar-refractivity contribution >= 4 is 0 Å². The molecule has 68 valence electrons. The third-order valence-corrected chi connectivity index (χ3v) is 1.39. The summed E-state index contributed by atoms with van der Waals surface area (Å²) in [6.07, 6.45) is 0.841. The Morgan fingerprint density at radius 3 is 2.45 bits per heavy atom. The number of hydrogen-bond donors (Lipinski definition) is 2. The van der Waals surface area contributed by atoms with Crippen molar-refractivity contribution < 1.29 is 9.47 Å². The predicted octanol–water partition coefficient (Wildman–Crippen LogP) is -0.456. The molecule has 0 aliphatic carbocycles. The highest BCUT2D eigenvalue weighted by molar-refractivity contribution is 4.50. The van der Waals surface area contributed by atoms with Gasteiger partial charge in [0.25, 0.3) is 0 Å². The highest BCUT2D eigenvalue weighted by atomic mass is 16.7. The van der Waals surface area contributed by atoms with Gasteiger partial charge in [0.1, 0.15) is 0 Å². The van der Waals surface area contributed by atoms with E-state index in [4.69, 9.17) is 15.2 Å². The molecule has 4 heteroatoms. The summed E-state index contributed by atoms with van der Waals surface area (Å²) in [6.45, 7) is 2.35. The number of nitrogens with two attached hydrogens (primary N) is 1. The van der Waals surface area contributed by atoms with Gasteiger partial charge in [-0.3, -0.25) is 0 Å². The summed E-state index contributed by atoms with van der Waals surface area (Å²) in [7, 11) is 3.25. The minimum Gasteiger partial charge on any atom is -0.355 e. The van der Waals surface area contributed by atoms with Crippen LogP contribution >= 0.6 is 0 Å². The third kappa shape index (κ3) is 6.25. The first-order valence-electron chi connectivity index (χ1n) is 3.81. The fourth-order valence-electron chi connectivity index (χ4n) is 0.710. The molecule has 0 fully saturated rings. The normalized spacial score (nSPS) is 10.9. The molecule has 0 heterocycles. The fourth-order valence-corrected chi connectivity index (χ4v) is 0.710. The molecule has 0 bridgehead atoms. The highest BCUT2D eigenvalue weighted by Crippen LogP contribution is 1.86. The summed E-state index contributed by atoms with van der Waals surface area (Å²) in [6, 6.07) is 0. The minimum absolute atomic E-state index is 0.146. The Bertz CT molecular complexity index is 76.8. The third-order valence-electron chi connectivity index (χ3n) is 1.39. The van der Waals surface area contributed by atoms with E-state index < -0.39 is 0 Å². The zero-order valence-corrected chi connectivity index (χ0v) is 7.30. The van der Waals surface area contributed by atoms with Crippen LogP contribution in [0.15, 0.2) is 0 Å². The van der Waals surface area contributed by atoms with E-state index in [1.54, 1.807) is 14.2 Å². The van der Waals surface area contributed by atoms with Crippen LogP contribution in [0.5, 0.6) is 0 Å². The molecule has 0 saturated carbocycles. The molecule has 0 amide bonds. The smallest absolute Gasteiger partial charge is 0.169 e. The van der Waals surface area contributed by atoms with Crippen molar-refractivity contribution in [1.29, 1.82) is 0 Å². The lowest BCUT2D eigenvalue weighted by molar-refractivity contribution is -0.0986. The summed E-state index contributed by atoms with van der Waals surface area (Å²) in [5.74, 6) is 0. The molecule has 0 spiro atoms. The second kappa shape index (κ2) is 7.94. The molecule has 0 aromatic rings. The Morgan fingerprint density at radius 2 is 2.00 bits per heavy atom. The summed E-state index contributed by atoms with van der Waals surface area (Å²) in [5, 5.41) is 3.16. The van der Waals surface area contributed by atoms with Crippen LogP contribution in [-0.2, 0) is 9.47 Å². The van der Waals surface area contributed by atoms with Gasteiger partial charge in [0.2, 0.25) is 0 Å². The van der Waals surface area contributed by atoms with Gasteiger partial charge in [0, 0.05) is 20.8 Å². The maximum Gasteiger partial charge on any atom is 0.169 e. The van der Waals surface area contributed by atoms with Crippen LogP contribution in [0.1, 0.15) is 6.42 Å². The van der Waals surface area contributed by atoms with Gasteiger partial charge in [0.15, 0.2) is 6.29 Å². The van der Waals surface area contributed by atoms with Gasteiger partial charge in [-0.2, -0.15) is 0 Å². The summed E-state index contributed by atoms with van der Waals surface area (Å²) in [4.78, 5) is 0. The second-order valence-corrected chi connectivity index (χ2v) is 2.25. The maximum atomic E-state index is 5.31. The van der Waals surface area contributed by atoms with Crippen LogP contribution in [0, 0.1) is 0 Å². The quantitative estimate of drug-likeness (QED) is 0.393. The van der Waals surface area contributed by atoms with Crippen LogP contribution < -0.4 is 11.1 Å². The summed E-state index contributed by atoms with van der Waals surface area (Å²) < 4.78 is 9.93. The molecule has 0 aliphatic heterocycles. The predicted molar refractivity (Wildman–Crippen MR) is 44.3 cm³/mol. The molecule has 11 heavy (non-hydrogen) atoms. The van der Waals surface area contributed by atoms with E-state index in [0.29, 0.717) is 6.54 Å². The van der Waals surface area contributed by atoms with Crippen molar-refractivity contribution in [2.24, 2.45) is 5.73 Å². The van der Waals surface area contributed by atoms with Gasteiger partial charge in [-0.15, -0.1) is 0 Å². The second-order valence-electron chi connectivity index (χ2n) is 2.25. The van der Waals surface area contributed by atoms with E-state index in [-0.39, 0.29) is 6.29 Å². The Morgan fingerprint density at radius 1 is 1.36 bits per heavy atom. The maximum absolute atomic E-state index is 5.31. The average molecular weight is 162 g/mol. The standard InChI is InChI=1S/C7H18N2O2/c1-10-7(11-2)6-9-5-3-4-8/h7,9H,3-6,8H2,1-2H3. The fraction of sp³-hybridized carbons (Fsp3) is 1.00. The van der Waals surface area contributed by atoms with Gasteiger partial charge in [-0.25, -0.2) is 0 Å². The summed E-state index contributed by atoms with van der Waals surface area (Å²) >= 11 is 0. The molecule has 0 rings (SSSR count). The van der Waals surface area contributed by atoms with E-state index in [1.807, 2.05) is 0 Å². The minimum atomic E-state index is -0.146. The van der Waals surface area contributed by atoms with E-state index >= 15 is 0 Å². The molecule has 4 nitrogen and oxygen atoms in total. The van der Waals surface area contributed by atoms with Crippen LogP contribution in [0.3, 0.4) is 0 Å².